The molecule has 3 aromatic carbocycles. The second-order valence-corrected chi connectivity index (χ2v) is 22.2. The van der Waals surface area contributed by atoms with Crippen molar-refractivity contribution in [3.8, 4) is 23.0 Å². The van der Waals surface area contributed by atoms with E-state index >= 15 is 8.78 Å². The molecule has 1 atom stereocenters. The highest BCUT2D eigenvalue weighted by atomic mass is 19.1. The molecule has 0 spiro atoms. The van der Waals surface area contributed by atoms with E-state index in [4.69, 9.17) is 24.5 Å². The molecule has 5 fully saturated rings. The van der Waals surface area contributed by atoms with E-state index in [9.17, 15) is 24.3 Å². The minimum atomic E-state index is -0.753. The summed E-state index contributed by atoms with van der Waals surface area (Å²) >= 11 is 0. The quantitative estimate of drug-likeness (QED) is 0.109. The summed E-state index contributed by atoms with van der Waals surface area (Å²) in [5, 5.41) is 22.6. The molecule has 6 aromatic rings. The number of anilines is 2. The molecule has 8 heterocycles. The van der Waals surface area contributed by atoms with E-state index in [0.717, 1.165) is 69.8 Å². The summed E-state index contributed by atoms with van der Waals surface area (Å²) in [7, 11) is 0. The highest BCUT2D eigenvalue weighted by Gasteiger charge is 2.45. The van der Waals surface area contributed by atoms with Gasteiger partial charge in [0.25, 0.3) is 5.91 Å². The number of piperazine rings is 1. The van der Waals surface area contributed by atoms with Gasteiger partial charge in [0.15, 0.2) is 11.5 Å². The fourth-order valence-electron chi connectivity index (χ4n) is 12.2. The molecule has 3 aromatic heterocycles. The van der Waals surface area contributed by atoms with Gasteiger partial charge in [-0.15, -0.1) is 0 Å². The third-order valence-electron chi connectivity index (χ3n) is 16.9. The van der Waals surface area contributed by atoms with Gasteiger partial charge in [-0.25, -0.2) is 8.78 Å². The molecule has 1 saturated carbocycles. The number of hydrogen-bond donors (Lipinski definition) is 3. The Labute approximate surface area is 456 Å². The van der Waals surface area contributed by atoms with Gasteiger partial charge >= 0.3 is 6.01 Å². The number of carbonyl (C=O) groups is 4. The monoisotopic (exact) mass is 1080 g/mol. The van der Waals surface area contributed by atoms with Gasteiger partial charge in [0.1, 0.15) is 34.6 Å². The zero-order chi connectivity index (χ0) is 54.4. The van der Waals surface area contributed by atoms with Crippen molar-refractivity contribution < 1.29 is 42.5 Å². The Balaban J connectivity index is 0.712. The number of morpholine rings is 1. The zero-order valence-electron chi connectivity index (χ0n) is 44.5. The van der Waals surface area contributed by atoms with Gasteiger partial charge in [-0.3, -0.25) is 44.0 Å². The van der Waals surface area contributed by atoms with Crippen LogP contribution in [0.2, 0.25) is 0 Å². The Morgan fingerprint density at radius 1 is 0.886 bits per heavy atom. The molecule has 19 nitrogen and oxygen atoms in total. The standard InChI is InChI=1S/C58H66F2N12O7/c1-2-42-45(59)9-6-38-28-41(73)30-43(50(38)42)52-51(60)53-44(31-61-52)54(65-57(64-53)79-35-58(14-15-58)34-68-24-26-78-27-25-68)71-16-3-17-72-40(32-71)29-47(66-72)56(77)70-22-20-69(21-23-70)49(75)33-67-18-12-37(13-19-67)36-4-7-39(8-5-36)62-46-10-11-48(74)63-55(46)76/h4-9,28-31,37,46,62,73H,2-3,10-27,32-35H2,1H3,(H,63,74,76). The Bertz CT molecular complexity index is 3310. The molecule has 79 heavy (non-hydrogen) atoms. The van der Waals surface area contributed by atoms with Gasteiger partial charge in [0.2, 0.25) is 17.7 Å². The third-order valence-corrected chi connectivity index (χ3v) is 16.9. The van der Waals surface area contributed by atoms with Crippen molar-refractivity contribution >= 4 is 56.8 Å². The second kappa shape index (κ2) is 22.1. The number of rotatable bonds is 14. The Morgan fingerprint density at radius 3 is 2.41 bits per heavy atom. The first-order chi connectivity index (χ1) is 38.4. The number of nitrogens with one attached hydrogen (secondary N) is 2. The topological polar surface area (TPSA) is 204 Å². The normalized spacial score (nSPS) is 20.3. The number of benzene rings is 3. The number of piperidine rings is 2. The molecule has 3 N–H and O–H groups in total. The van der Waals surface area contributed by atoms with Crippen molar-refractivity contribution in [2.75, 3.05) is 102 Å². The summed E-state index contributed by atoms with van der Waals surface area (Å²) in [6.45, 7) is 11.0. The van der Waals surface area contributed by atoms with Crippen LogP contribution in [0.5, 0.6) is 11.8 Å². The lowest BCUT2D eigenvalue weighted by Gasteiger charge is -2.37. The van der Waals surface area contributed by atoms with Gasteiger partial charge in [-0.2, -0.15) is 15.1 Å². The van der Waals surface area contributed by atoms with Crippen LogP contribution in [-0.4, -0.2) is 171 Å². The van der Waals surface area contributed by atoms with Crippen LogP contribution in [0.1, 0.15) is 85.1 Å². The molecule has 12 rings (SSSR count). The molecule has 0 bridgehead atoms. The molecule has 4 saturated heterocycles. The third kappa shape index (κ3) is 11.0. The number of likely N-dealkylation sites (tertiary alicyclic amines) is 1. The van der Waals surface area contributed by atoms with Gasteiger partial charge in [0, 0.05) is 88.2 Å². The van der Waals surface area contributed by atoms with E-state index in [2.05, 4.69) is 37.6 Å². The van der Waals surface area contributed by atoms with Crippen LogP contribution < -0.4 is 20.3 Å². The number of hydrogen-bond acceptors (Lipinski definition) is 15. The lowest BCUT2D eigenvalue weighted by molar-refractivity contribution is -0.135. The number of phenolic OH excluding ortho intramolecular Hbond substituents is 1. The maximum absolute atomic E-state index is 17.5. The lowest BCUT2D eigenvalue weighted by Crippen LogP contribution is -2.53. The van der Waals surface area contributed by atoms with Crippen LogP contribution in [0.4, 0.5) is 20.3 Å². The molecule has 21 heteroatoms. The predicted molar refractivity (Wildman–Crippen MR) is 291 cm³/mol. The summed E-state index contributed by atoms with van der Waals surface area (Å²) in [4.78, 5) is 76.1. The molecule has 1 aliphatic carbocycles. The van der Waals surface area contributed by atoms with Gasteiger partial charge in [-0.05, 0) is 122 Å². The first-order valence-electron chi connectivity index (χ1n) is 27.9. The molecule has 0 radical (unpaired) electrons. The fourth-order valence-corrected chi connectivity index (χ4v) is 12.2. The van der Waals surface area contributed by atoms with E-state index < -0.39 is 17.7 Å². The highest BCUT2D eigenvalue weighted by molar-refractivity contribution is 6.02. The van der Waals surface area contributed by atoms with Crippen LogP contribution in [0.3, 0.4) is 0 Å². The second-order valence-electron chi connectivity index (χ2n) is 22.2. The van der Waals surface area contributed by atoms with Crippen molar-refractivity contribution in [3.63, 3.8) is 0 Å². The predicted octanol–water partition coefficient (Wildman–Crippen LogP) is 5.87. The number of ether oxygens (including phenoxy) is 2. The maximum atomic E-state index is 17.5. The van der Waals surface area contributed by atoms with Crippen LogP contribution in [0.25, 0.3) is 32.9 Å². The molecular weight excluding hydrogens is 1010 g/mol. The number of halogens is 2. The van der Waals surface area contributed by atoms with Crippen molar-refractivity contribution in [3.05, 3.63) is 94.9 Å². The molecule has 6 aliphatic rings. The van der Waals surface area contributed by atoms with Crippen molar-refractivity contribution in [1.82, 2.24) is 49.6 Å². The molecule has 414 valence electrons. The number of aromatic nitrogens is 5. The summed E-state index contributed by atoms with van der Waals surface area (Å²) in [6, 6.07) is 15.4. The average molecular weight is 1080 g/mol. The van der Waals surface area contributed by atoms with Crippen LogP contribution in [0.15, 0.2) is 60.8 Å². The maximum Gasteiger partial charge on any atom is 0.319 e. The number of aryl methyl sites for hydroxylation is 2. The summed E-state index contributed by atoms with van der Waals surface area (Å²) in [6.07, 6.45) is 7.10. The number of phenols is 1. The summed E-state index contributed by atoms with van der Waals surface area (Å²) in [5.41, 5.74) is 3.59. The van der Waals surface area contributed by atoms with Crippen molar-refractivity contribution in [1.29, 1.82) is 0 Å². The number of amides is 4. The Morgan fingerprint density at radius 2 is 1.66 bits per heavy atom. The smallest absolute Gasteiger partial charge is 0.319 e. The summed E-state index contributed by atoms with van der Waals surface area (Å²) < 4.78 is 46.7. The van der Waals surface area contributed by atoms with Gasteiger partial charge < -0.3 is 34.6 Å². The molecular formula is C58H66F2N12O7. The number of carbonyl (C=O) groups excluding carboxylic acids is 4. The van der Waals surface area contributed by atoms with E-state index in [0.29, 0.717) is 137 Å². The van der Waals surface area contributed by atoms with Gasteiger partial charge in [-0.1, -0.05) is 25.1 Å². The first-order valence-corrected chi connectivity index (χ1v) is 27.9. The number of nitrogens with zero attached hydrogens (tertiary/aromatic N) is 10. The minimum absolute atomic E-state index is 0.0194. The number of aromatic hydroxyl groups is 1. The number of pyridine rings is 1. The van der Waals surface area contributed by atoms with Crippen LogP contribution >= 0.6 is 0 Å². The SMILES string of the molecule is CCc1c(F)ccc2cc(O)cc(-c3ncc4c(N5CCCn6nc(C(=O)N7CCN(C(=O)CN8CCC(c9ccc(NC%10CCC(=O)NC%10=O)cc9)CC8)CC7)cc6C5)nc(OCC5(CN6CCOCC6)CC5)nc4c3F)c12. The van der Waals surface area contributed by atoms with E-state index in [1.165, 1.54) is 30.0 Å². The largest absolute Gasteiger partial charge is 0.508 e. The first kappa shape index (κ1) is 52.3. The van der Waals surface area contributed by atoms with Crippen molar-refractivity contribution in [2.45, 2.75) is 83.3 Å². The highest BCUT2D eigenvalue weighted by Crippen LogP contribution is 2.47. The minimum Gasteiger partial charge on any atom is -0.508 e. The zero-order valence-corrected chi connectivity index (χ0v) is 44.5. The van der Waals surface area contributed by atoms with Crippen LogP contribution in [0, 0.1) is 17.0 Å². The molecule has 4 amide bonds. The Hall–Kier alpha value is -7.36. The lowest BCUT2D eigenvalue weighted by atomic mass is 9.89. The fraction of sp³-hybridized carbons (Fsp3) is 0.483. The Kier molecular flexibility index (Phi) is 14.6. The number of imide groups is 1. The average Bonchev–Trinajstić information content (AvgIpc) is 4.26. The van der Waals surface area contributed by atoms with E-state index in [-0.39, 0.29) is 57.6 Å². The van der Waals surface area contributed by atoms with E-state index in [1.807, 2.05) is 39.6 Å². The molecule has 5 aliphatic heterocycles. The summed E-state index contributed by atoms with van der Waals surface area (Å²) in [5.74, 6) is -1.21. The van der Waals surface area contributed by atoms with Crippen LogP contribution in [-0.2, 0) is 38.6 Å². The molecule has 1 unspecified atom stereocenters. The van der Waals surface area contributed by atoms with Gasteiger partial charge in [0.05, 0.1) is 44.0 Å². The van der Waals surface area contributed by atoms with Crippen molar-refractivity contribution in [2.24, 2.45) is 5.41 Å². The number of fused-ring (bicyclic) bond motifs is 3. The van der Waals surface area contributed by atoms with E-state index in [1.54, 1.807) is 11.0 Å².